The highest BCUT2D eigenvalue weighted by Gasteiger charge is 2.09. The van der Waals surface area contributed by atoms with E-state index in [1.54, 1.807) is 14.2 Å². The number of halogens is 1. The Bertz CT molecular complexity index is 298. The highest BCUT2D eigenvalue weighted by molar-refractivity contribution is 6.30. The standard InChI is InChI=1S/C12H18ClNO2/c1-9(14-8-12(15-2)16-3)10-4-6-11(13)7-5-10/h4-7,9,12,14H,8H2,1-3H3/t9-/m1/s1. The van der Waals surface area contributed by atoms with Crippen molar-refractivity contribution >= 4 is 11.6 Å². The van der Waals surface area contributed by atoms with E-state index < -0.39 is 0 Å². The lowest BCUT2D eigenvalue weighted by atomic mass is 10.1. The van der Waals surface area contributed by atoms with Crippen molar-refractivity contribution in [2.45, 2.75) is 19.3 Å². The molecule has 0 aliphatic carbocycles. The molecule has 0 aliphatic heterocycles. The summed E-state index contributed by atoms with van der Waals surface area (Å²) < 4.78 is 10.2. The molecule has 0 heterocycles. The Morgan fingerprint density at radius 2 is 1.75 bits per heavy atom. The monoisotopic (exact) mass is 243 g/mol. The van der Waals surface area contributed by atoms with E-state index in [-0.39, 0.29) is 12.3 Å². The lowest BCUT2D eigenvalue weighted by Crippen LogP contribution is -2.31. The van der Waals surface area contributed by atoms with Gasteiger partial charge in [-0.2, -0.15) is 0 Å². The van der Waals surface area contributed by atoms with Gasteiger partial charge in [-0.15, -0.1) is 0 Å². The lowest BCUT2D eigenvalue weighted by molar-refractivity contribution is -0.0997. The minimum atomic E-state index is -0.213. The van der Waals surface area contributed by atoms with Gasteiger partial charge in [0.25, 0.3) is 0 Å². The van der Waals surface area contributed by atoms with Crippen molar-refractivity contribution in [3.8, 4) is 0 Å². The van der Waals surface area contributed by atoms with Crippen molar-refractivity contribution < 1.29 is 9.47 Å². The fourth-order valence-electron chi connectivity index (χ4n) is 1.41. The summed E-state index contributed by atoms with van der Waals surface area (Å²) in [4.78, 5) is 0. The van der Waals surface area contributed by atoms with Gasteiger partial charge in [-0.1, -0.05) is 23.7 Å². The largest absolute Gasteiger partial charge is 0.355 e. The Kier molecular flexibility index (Phi) is 5.77. The topological polar surface area (TPSA) is 30.5 Å². The molecule has 4 heteroatoms. The third kappa shape index (κ3) is 4.10. The minimum Gasteiger partial charge on any atom is -0.355 e. The first kappa shape index (κ1) is 13.5. The second kappa shape index (κ2) is 6.86. The molecule has 0 saturated carbocycles. The summed E-state index contributed by atoms with van der Waals surface area (Å²) in [5.74, 6) is 0. The number of nitrogens with one attached hydrogen (secondary N) is 1. The normalized spacial score (nSPS) is 13.1. The number of rotatable bonds is 6. The second-order valence-corrected chi connectivity index (χ2v) is 4.02. The molecule has 0 aliphatic rings. The van der Waals surface area contributed by atoms with Crippen LogP contribution >= 0.6 is 11.6 Å². The van der Waals surface area contributed by atoms with Crippen LogP contribution in [0.1, 0.15) is 18.5 Å². The Hall–Kier alpha value is -0.610. The van der Waals surface area contributed by atoms with Crippen LogP contribution in [0.4, 0.5) is 0 Å². The van der Waals surface area contributed by atoms with Crippen LogP contribution in [0.5, 0.6) is 0 Å². The quantitative estimate of drug-likeness (QED) is 0.780. The average molecular weight is 244 g/mol. The minimum absolute atomic E-state index is 0.213. The number of ether oxygens (including phenoxy) is 2. The van der Waals surface area contributed by atoms with Crippen LogP contribution < -0.4 is 5.32 Å². The third-order valence-electron chi connectivity index (χ3n) is 2.49. The highest BCUT2D eigenvalue weighted by atomic mass is 35.5. The van der Waals surface area contributed by atoms with E-state index in [1.165, 1.54) is 5.56 Å². The van der Waals surface area contributed by atoms with Crippen LogP contribution in [0.15, 0.2) is 24.3 Å². The van der Waals surface area contributed by atoms with E-state index in [0.717, 1.165) is 5.02 Å². The van der Waals surface area contributed by atoms with Gasteiger partial charge in [0, 0.05) is 31.8 Å². The predicted octanol–water partition coefficient (Wildman–Crippen LogP) is 2.61. The van der Waals surface area contributed by atoms with Gasteiger partial charge < -0.3 is 14.8 Å². The summed E-state index contributed by atoms with van der Waals surface area (Å²) in [5, 5.41) is 4.08. The molecule has 16 heavy (non-hydrogen) atoms. The molecule has 1 N–H and O–H groups in total. The maximum absolute atomic E-state index is 5.83. The molecule has 1 aromatic rings. The fraction of sp³-hybridized carbons (Fsp3) is 0.500. The lowest BCUT2D eigenvalue weighted by Gasteiger charge is -2.18. The SMILES string of the molecule is COC(CN[C@H](C)c1ccc(Cl)cc1)OC. The van der Waals surface area contributed by atoms with Gasteiger partial charge in [0.1, 0.15) is 0 Å². The van der Waals surface area contributed by atoms with Crippen molar-refractivity contribution in [3.05, 3.63) is 34.9 Å². The molecular weight excluding hydrogens is 226 g/mol. The summed E-state index contributed by atoms with van der Waals surface area (Å²) in [7, 11) is 3.26. The van der Waals surface area contributed by atoms with E-state index in [2.05, 4.69) is 12.2 Å². The van der Waals surface area contributed by atoms with Crippen LogP contribution in [0.2, 0.25) is 5.02 Å². The first-order valence-electron chi connectivity index (χ1n) is 5.21. The van der Waals surface area contributed by atoms with Crippen LogP contribution in [0, 0.1) is 0 Å². The Morgan fingerprint density at radius 3 is 2.25 bits per heavy atom. The zero-order valence-electron chi connectivity index (χ0n) is 9.87. The summed E-state index contributed by atoms with van der Waals surface area (Å²) >= 11 is 5.83. The van der Waals surface area contributed by atoms with E-state index in [4.69, 9.17) is 21.1 Å². The second-order valence-electron chi connectivity index (χ2n) is 3.58. The van der Waals surface area contributed by atoms with Crippen molar-refractivity contribution in [2.75, 3.05) is 20.8 Å². The van der Waals surface area contributed by atoms with Crippen LogP contribution in [0.25, 0.3) is 0 Å². The Labute approximate surface area is 102 Å². The summed E-state index contributed by atoms with van der Waals surface area (Å²) in [6.07, 6.45) is -0.213. The number of hydrogen-bond acceptors (Lipinski definition) is 3. The summed E-state index contributed by atoms with van der Waals surface area (Å²) in [6.45, 7) is 2.74. The number of benzene rings is 1. The molecular formula is C12H18ClNO2. The molecule has 1 rings (SSSR count). The molecule has 0 fully saturated rings. The van der Waals surface area contributed by atoms with Gasteiger partial charge in [0.15, 0.2) is 6.29 Å². The molecule has 0 unspecified atom stereocenters. The maximum atomic E-state index is 5.83. The van der Waals surface area contributed by atoms with Crippen molar-refractivity contribution in [1.82, 2.24) is 5.32 Å². The van der Waals surface area contributed by atoms with Crippen molar-refractivity contribution in [2.24, 2.45) is 0 Å². The van der Waals surface area contributed by atoms with Crippen LogP contribution in [0.3, 0.4) is 0 Å². The number of hydrogen-bond donors (Lipinski definition) is 1. The van der Waals surface area contributed by atoms with Crippen LogP contribution in [-0.2, 0) is 9.47 Å². The van der Waals surface area contributed by atoms with Gasteiger partial charge in [-0.3, -0.25) is 0 Å². The van der Waals surface area contributed by atoms with Gasteiger partial charge in [0.05, 0.1) is 0 Å². The zero-order chi connectivity index (χ0) is 12.0. The van der Waals surface area contributed by atoms with Crippen molar-refractivity contribution in [1.29, 1.82) is 0 Å². The van der Waals surface area contributed by atoms with E-state index in [1.807, 2.05) is 24.3 Å². The molecule has 0 spiro atoms. The summed E-state index contributed by atoms with van der Waals surface area (Å²) in [6, 6.07) is 8.03. The molecule has 0 bridgehead atoms. The maximum Gasteiger partial charge on any atom is 0.169 e. The first-order valence-corrected chi connectivity index (χ1v) is 5.59. The smallest absolute Gasteiger partial charge is 0.169 e. The van der Waals surface area contributed by atoms with Gasteiger partial charge in [-0.25, -0.2) is 0 Å². The van der Waals surface area contributed by atoms with E-state index in [0.29, 0.717) is 6.54 Å². The van der Waals surface area contributed by atoms with Gasteiger partial charge in [0.2, 0.25) is 0 Å². The van der Waals surface area contributed by atoms with Gasteiger partial charge >= 0.3 is 0 Å². The molecule has 0 aromatic heterocycles. The van der Waals surface area contributed by atoms with Crippen LogP contribution in [-0.4, -0.2) is 27.1 Å². The predicted molar refractivity (Wildman–Crippen MR) is 65.7 cm³/mol. The first-order chi connectivity index (χ1) is 7.67. The number of methoxy groups -OCH3 is 2. The van der Waals surface area contributed by atoms with Crippen molar-refractivity contribution in [3.63, 3.8) is 0 Å². The van der Waals surface area contributed by atoms with E-state index >= 15 is 0 Å². The third-order valence-corrected chi connectivity index (χ3v) is 2.74. The molecule has 90 valence electrons. The Morgan fingerprint density at radius 1 is 1.19 bits per heavy atom. The van der Waals surface area contributed by atoms with Gasteiger partial charge in [-0.05, 0) is 24.6 Å². The molecule has 0 amide bonds. The molecule has 3 nitrogen and oxygen atoms in total. The highest BCUT2D eigenvalue weighted by Crippen LogP contribution is 2.15. The molecule has 1 aromatic carbocycles. The Balaban J connectivity index is 2.46. The van der Waals surface area contributed by atoms with E-state index in [9.17, 15) is 0 Å². The molecule has 0 radical (unpaired) electrons. The zero-order valence-corrected chi connectivity index (χ0v) is 10.6. The summed E-state index contributed by atoms with van der Waals surface area (Å²) in [5.41, 5.74) is 1.19. The average Bonchev–Trinajstić information content (AvgIpc) is 2.31. The molecule has 0 saturated heterocycles. The molecule has 1 atom stereocenters. The fourth-order valence-corrected chi connectivity index (χ4v) is 1.53.